The molecule has 6 rings (SSSR count). The molecule has 0 saturated carbocycles. The van der Waals surface area contributed by atoms with E-state index in [-0.39, 0.29) is 18.0 Å². The van der Waals surface area contributed by atoms with Crippen molar-refractivity contribution >= 4 is 10.9 Å². The number of hydrogen-bond donors (Lipinski definition) is 0. The van der Waals surface area contributed by atoms with E-state index in [1.54, 1.807) is 11.6 Å². The van der Waals surface area contributed by atoms with Gasteiger partial charge in [0.15, 0.2) is 11.5 Å². The van der Waals surface area contributed by atoms with Crippen molar-refractivity contribution < 1.29 is 14.2 Å². The molecule has 1 atom stereocenters. The van der Waals surface area contributed by atoms with E-state index >= 15 is 0 Å². The molecule has 0 N–H and O–H groups in total. The van der Waals surface area contributed by atoms with Crippen LogP contribution < -0.4 is 20.7 Å². The van der Waals surface area contributed by atoms with Crippen molar-refractivity contribution in [3.8, 4) is 22.8 Å². The Morgan fingerprint density at radius 3 is 2.44 bits per heavy atom. The Labute approximate surface area is 195 Å². The fraction of sp³-hybridized carbons (Fsp3) is 0.308. The molecule has 34 heavy (non-hydrogen) atoms. The molecule has 1 unspecified atom stereocenters. The third-order valence-electron chi connectivity index (χ3n) is 6.81. The van der Waals surface area contributed by atoms with Crippen molar-refractivity contribution in [2.75, 3.05) is 13.4 Å². The topological polar surface area (TPSA) is 76.6 Å². The molecule has 2 aliphatic rings. The summed E-state index contributed by atoms with van der Waals surface area (Å²) in [6.45, 7) is 4.77. The van der Waals surface area contributed by atoms with Crippen LogP contribution in [0.2, 0.25) is 0 Å². The number of nitrogens with zero attached hydrogens (tertiary/aromatic N) is 3. The largest absolute Gasteiger partial charge is 0.454 e. The number of hydrogen-bond acceptors (Lipinski definition) is 5. The number of fused-ring (bicyclic) bond motifs is 4. The lowest BCUT2D eigenvalue weighted by molar-refractivity contribution is -0.00713. The third kappa shape index (κ3) is 2.75. The summed E-state index contributed by atoms with van der Waals surface area (Å²) in [5.41, 5.74) is 2.77. The zero-order valence-electron chi connectivity index (χ0n) is 19.5. The van der Waals surface area contributed by atoms with E-state index in [4.69, 9.17) is 14.2 Å². The minimum Gasteiger partial charge on any atom is -0.454 e. The van der Waals surface area contributed by atoms with Crippen LogP contribution >= 0.6 is 0 Å². The van der Waals surface area contributed by atoms with Gasteiger partial charge in [0.1, 0.15) is 6.10 Å². The zero-order valence-corrected chi connectivity index (χ0v) is 19.5. The molecule has 2 aromatic carbocycles. The lowest BCUT2D eigenvalue weighted by Crippen LogP contribution is -2.40. The molecule has 0 spiro atoms. The van der Waals surface area contributed by atoms with Gasteiger partial charge in [-0.15, -0.1) is 0 Å². The molecule has 0 bridgehead atoms. The molecular formula is C26H25N3O5. The highest BCUT2D eigenvalue weighted by molar-refractivity contribution is 5.96. The standard InChI is InChI=1S/C26H25N3O5/c1-26(2)13-32-23(16-10-11-17-18(12-16)34-14-33-17)22-21-19(24(30)28(4)25(31)27(21)3)20(29(22)26)15-8-6-5-7-9-15/h5-12,23H,13-14H2,1-4H3. The van der Waals surface area contributed by atoms with Crippen LogP contribution in [0.4, 0.5) is 0 Å². The van der Waals surface area contributed by atoms with Gasteiger partial charge >= 0.3 is 5.69 Å². The first-order chi connectivity index (χ1) is 16.3. The van der Waals surface area contributed by atoms with Crippen LogP contribution in [0.25, 0.3) is 22.2 Å². The summed E-state index contributed by atoms with van der Waals surface area (Å²) in [5, 5.41) is 0.509. The Morgan fingerprint density at radius 2 is 1.68 bits per heavy atom. The SMILES string of the molecule is Cn1c(=O)c2c(-c3ccccc3)n3c(c2n(C)c1=O)C(c1ccc2c(c1)OCO2)OCC3(C)C. The van der Waals surface area contributed by atoms with Crippen LogP contribution in [0.1, 0.15) is 31.2 Å². The molecule has 0 aliphatic carbocycles. The average molecular weight is 460 g/mol. The molecule has 0 radical (unpaired) electrons. The summed E-state index contributed by atoms with van der Waals surface area (Å²) in [5.74, 6) is 1.34. The van der Waals surface area contributed by atoms with Crippen molar-refractivity contribution in [1.29, 1.82) is 0 Å². The Kier molecular flexibility index (Phi) is 4.35. The summed E-state index contributed by atoms with van der Waals surface area (Å²) < 4.78 is 22.4. The Hall–Kier alpha value is -3.78. The van der Waals surface area contributed by atoms with Gasteiger partial charge in [-0.25, -0.2) is 4.79 Å². The number of aryl methyl sites for hydroxylation is 1. The molecule has 4 heterocycles. The van der Waals surface area contributed by atoms with E-state index in [0.717, 1.165) is 22.5 Å². The Bertz CT molecular complexity index is 1580. The predicted octanol–water partition coefficient (Wildman–Crippen LogP) is 3.29. The van der Waals surface area contributed by atoms with Gasteiger partial charge in [-0.05, 0) is 37.1 Å². The lowest BCUT2D eigenvalue weighted by Gasteiger charge is -2.39. The highest BCUT2D eigenvalue weighted by Gasteiger charge is 2.41. The number of ether oxygens (including phenoxy) is 3. The summed E-state index contributed by atoms with van der Waals surface area (Å²) in [6, 6.07) is 15.6. The first-order valence-electron chi connectivity index (χ1n) is 11.2. The maximum absolute atomic E-state index is 13.6. The smallest absolute Gasteiger partial charge is 0.331 e. The second kappa shape index (κ2) is 7.11. The van der Waals surface area contributed by atoms with Crippen molar-refractivity contribution in [1.82, 2.24) is 13.7 Å². The molecule has 2 aromatic heterocycles. The minimum absolute atomic E-state index is 0.180. The van der Waals surface area contributed by atoms with Crippen LogP contribution in [0, 0.1) is 0 Å². The Balaban J connectivity index is 1.77. The fourth-order valence-electron chi connectivity index (χ4n) is 5.20. The van der Waals surface area contributed by atoms with Crippen molar-refractivity contribution in [3.05, 3.63) is 80.6 Å². The maximum Gasteiger partial charge on any atom is 0.331 e. The molecule has 0 saturated heterocycles. The first kappa shape index (κ1) is 20.8. The number of benzene rings is 2. The molecular weight excluding hydrogens is 434 g/mol. The van der Waals surface area contributed by atoms with Crippen LogP contribution in [-0.2, 0) is 24.4 Å². The fourth-order valence-corrected chi connectivity index (χ4v) is 5.20. The van der Waals surface area contributed by atoms with E-state index in [0.29, 0.717) is 29.0 Å². The normalized spacial score (nSPS) is 18.3. The lowest BCUT2D eigenvalue weighted by atomic mass is 9.97. The monoisotopic (exact) mass is 459 g/mol. The molecule has 4 aromatic rings. The minimum atomic E-state index is -0.500. The van der Waals surface area contributed by atoms with Gasteiger partial charge in [0.2, 0.25) is 6.79 Å². The van der Waals surface area contributed by atoms with Gasteiger partial charge in [-0.2, -0.15) is 0 Å². The molecule has 8 nitrogen and oxygen atoms in total. The summed E-state index contributed by atoms with van der Waals surface area (Å²) in [7, 11) is 3.23. The van der Waals surface area contributed by atoms with Gasteiger partial charge < -0.3 is 18.8 Å². The van der Waals surface area contributed by atoms with Crippen LogP contribution in [-0.4, -0.2) is 27.1 Å². The molecule has 0 fully saturated rings. The number of rotatable bonds is 2. The molecule has 174 valence electrons. The highest BCUT2D eigenvalue weighted by atomic mass is 16.7. The van der Waals surface area contributed by atoms with Crippen molar-refractivity contribution in [3.63, 3.8) is 0 Å². The molecule has 8 heteroatoms. The second-order valence-electron chi connectivity index (χ2n) is 9.48. The summed E-state index contributed by atoms with van der Waals surface area (Å²) in [4.78, 5) is 26.6. The van der Waals surface area contributed by atoms with E-state index < -0.39 is 11.6 Å². The first-order valence-corrected chi connectivity index (χ1v) is 11.2. The highest BCUT2D eigenvalue weighted by Crippen LogP contribution is 2.46. The van der Waals surface area contributed by atoms with E-state index in [2.05, 4.69) is 18.4 Å². The predicted molar refractivity (Wildman–Crippen MR) is 128 cm³/mol. The maximum atomic E-state index is 13.6. The van der Waals surface area contributed by atoms with Crippen molar-refractivity contribution in [2.45, 2.75) is 25.5 Å². The van der Waals surface area contributed by atoms with Crippen molar-refractivity contribution in [2.24, 2.45) is 14.1 Å². The van der Waals surface area contributed by atoms with Gasteiger partial charge in [0, 0.05) is 14.1 Å². The van der Waals surface area contributed by atoms with Gasteiger partial charge in [-0.3, -0.25) is 13.9 Å². The average Bonchev–Trinajstić information content (AvgIpc) is 3.45. The van der Waals surface area contributed by atoms with Crippen LogP contribution in [0.15, 0.2) is 58.1 Å². The van der Waals surface area contributed by atoms with Gasteiger partial charge in [0.05, 0.1) is 34.4 Å². The van der Waals surface area contributed by atoms with Crippen LogP contribution in [0.3, 0.4) is 0 Å². The second-order valence-corrected chi connectivity index (χ2v) is 9.48. The number of aromatic nitrogens is 3. The molecule has 2 aliphatic heterocycles. The van der Waals surface area contributed by atoms with E-state index in [9.17, 15) is 9.59 Å². The van der Waals surface area contributed by atoms with Gasteiger partial charge in [0.25, 0.3) is 5.56 Å². The zero-order chi connectivity index (χ0) is 23.8. The quantitative estimate of drug-likeness (QED) is 0.460. The van der Waals surface area contributed by atoms with Gasteiger partial charge in [-0.1, -0.05) is 36.4 Å². The third-order valence-corrected chi connectivity index (χ3v) is 6.81. The van der Waals surface area contributed by atoms with Crippen LogP contribution in [0.5, 0.6) is 11.5 Å². The van der Waals surface area contributed by atoms with E-state index in [1.165, 1.54) is 11.6 Å². The summed E-state index contributed by atoms with van der Waals surface area (Å²) in [6.07, 6.45) is -0.500. The van der Waals surface area contributed by atoms with E-state index in [1.807, 2.05) is 48.5 Å². The molecule has 0 amide bonds. The Morgan fingerprint density at radius 1 is 0.941 bits per heavy atom. The summed E-state index contributed by atoms with van der Waals surface area (Å²) >= 11 is 0.